The summed E-state index contributed by atoms with van der Waals surface area (Å²) in [6, 6.07) is 7.38. The minimum atomic E-state index is -0.437. The van der Waals surface area contributed by atoms with Gasteiger partial charge in [0.05, 0.1) is 24.0 Å². The molecule has 112 valence electrons. The maximum atomic E-state index is 13.3. The van der Waals surface area contributed by atoms with Crippen LogP contribution < -0.4 is 10.1 Å². The van der Waals surface area contributed by atoms with Gasteiger partial charge in [0.25, 0.3) is 5.91 Å². The van der Waals surface area contributed by atoms with Gasteiger partial charge in [-0.2, -0.15) is 0 Å². The van der Waals surface area contributed by atoms with Crippen molar-refractivity contribution >= 4 is 34.1 Å². The van der Waals surface area contributed by atoms with Crippen LogP contribution in [0.1, 0.15) is 10.5 Å². The number of aromatic amines is 1. The van der Waals surface area contributed by atoms with Crippen LogP contribution >= 0.6 is 11.6 Å². The highest BCUT2D eigenvalue weighted by Crippen LogP contribution is 2.28. The lowest BCUT2D eigenvalue weighted by molar-refractivity contribution is 0.102. The number of hydrogen-bond donors (Lipinski definition) is 2. The predicted octanol–water partition coefficient (Wildman–Crippen LogP) is 3.62. The zero-order chi connectivity index (χ0) is 15.7. The summed E-state index contributed by atoms with van der Waals surface area (Å²) in [5.74, 6) is -0.412. The van der Waals surface area contributed by atoms with E-state index in [1.165, 1.54) is 31.5 Å². The summed E-state index contributed by atoms with van der Waals surface area (Å²) in [6.07, 6.45) is 1.47. The van der Waals surface area contributed by atoms with E-state index >= 15 is 0 Å². The summed E-state index contributed by atoms with van der Waals surface area (Å²) in [6.45, 7) is 0. The van der Waals surface area contributed by atoms with Crippen molar-refractivity contribution in [3.63, 3.8) is 0 Å². The lowest BCUT2D eigenvalue weighted by atomic mass is 10.2. The molecule has 1 amide bonds. The summed E-state index contributed by atoms with van der Waals surface area (Å²) < 4.78 is 18.2. The average Bonchev–Trinajstić information content (AvgIpc) is 2.85. The van der Waals surface area contributed by atoms with Crippen LogP contribution in [0, 0.1) is 5.82 Å². The topological polar surface area (TPSA) is 67.0 Å². The maximum absolute atomic E-state index is 13.3. The molecule has 0 saturated heterocycles. The molecule has 22 heavy (non-hydrogen) atoms. The van der Waals surface area contributed by atoms with Gasteiger partial charge in [-0.3, -0.25) is 4.79 Å². The Hall–Kier alpha value is -2.60. The number of fused-ring (bicyclic) bond motifs is 1. The van der Waals surface area contributed by atoms with Crippen LogP contribution in [0.2, 0.25) is 5.02 Å². The molecule has 5 nitrogen and oxygen atoms in total. The van der Waals surface area contributed by atoms with Crippen molar-refractivity contribution in [1.82, 2.24) is 9.97 Å². The summed E-state index contributed by atoms with van der Waals surface area (Å²) in [7, 11) is 1.50. The smallest absolute Gasteiger partial charge is 0.273 e. The largest absolute Gasteiger partial charge is 0.481 e. The van der Waals surface area contributed by atoms with Gasteiger partial charge in [0, 0.05) is 17.0 Å². The molecule has 1 aromatic carbocycles. The van der Waals surface area contributed by atoms with Crippen LogP contribution in [0.3, 0.4) is 0 Å². The number of nitrogens with zero attached hydrogens (tertiary/aromatic N) is 1. The minimum absolute atomic E-state index is 0.165. The van der Waals surface area contributed by atoms with Gasteiger partial charge < -0.3 is 15.0 Å². The number of aromatic nitrogens is 2. The van der Waals surface area contributed by atoms with E-state index in [4.69, 9.17) is 16.3 Å². The maximum Gasteiger partial charge on any atom is 0.273 e. The summed E-state index contributed by atoms with van der Waals surface area (Å²) in [5, 5.41) is 3.29. The Morgan fingerprint density at radius 2 is 2.18 bits per heavy atom. The van der Waals surface area contributed by atoms with Gasteiger partial charge in [0.15, 0.2) is 0 Å². The van der Waals surface area contributed by atoms with Crippen molar-refractivity contribution < 1.29 is 13.9 Å². The van der Waals surface area contributed by atoms with Crippen LogP contribution in [-0.4, -0.2) is 23.0 Å². The molecule has 2 heterocycles. The number of hydrogen-bond acceptors (Lipinski definition) is 3. The zero-order valence-electron chi connectivity index (χ0n) is 11.5. The lowest BCUT2D eigenvalue weighted by Crippen LogP contribution is -2.13. The standard InChI is InChI=1S/C15H11ClFN3O2/c1-22-12-5-3-9(7-18-12)19-15(21)14-13(16)10-6-8(17)2-4-11(10)20-14/h2-7,20H,1H3,(H,19,21). The Morgan fingerprint density at radius 1 is 1.36 bits per heavy atom. The minimum Gasteiger partial charge on any atom is -0.481 e. The fourth-order valence-corrected chi connectivity index (χ4v) is 2.35. The number of amides is 1. The third-order valence-corrected chi connectivity index (χ3v) is 3.52. The number of pyridine rings is 1. The number of halogens is 2. The van der Waals surface area contributed by atoms with Gasteiger partial charge in [-0.25, -0.2) is 9.37 Å². The van der Waals surface area contributed by atoms with E-state index in [1.807, 2.05) is 0 Å². The highest BCUT2D eigenvalue weighted by Gasteiger charge is 2.17. The van der Waals surface area contributed by atoms with E-state index in [0.29, 0.717) is 22.5 Å². The van der Waals surface area contributed by atoms with Gasteiger partial charge in [-0.05, 0) is 24.3 Å². The Balaban J connectivity index is 1.89. The van der Waals surface area contributed by atoms with Crippen LogP contribution in [0.25, 0.3) is 10.9 Å². The third-order valence-electron chi connectivity index (χ3n) is 3.13. The van der Waals surface area contributed by atoms with Gasteiger partial charge in [-0.15, -0.1) is 0 Å². The van der Waals surface area contributed by atoms with Crippen LogP contribution in [-0.2, 0) is 0 Å². The summed E-state index contributed by atoms with van der Waals surface area (Å²) in [5.41, 5.74) is 1.24. The molecule has 0 fully saturated rings. The molecule has 0 aliphatic carbocycles. The second kappa shape index (κ2) is 5.65. The van der Waals surface area contributed by atoms with E-state index in [0.717, 1.165) is 0 Å². The molecule has 0 radical (unpaired) electrons. The van der Waals surface area contributed by atoms with Crippen molar-refractivity contribution in [2.45, 2.75) is 0 Å². The highest BCUT2D eigenvalue weighted by molar-refractivity contribution is 6.39. The molecule has 7 heteroatoms. The van der Waals surface area contributed by atoms with Gasteiger partial charge in [0.2, 0.25) is 5.88 Å². The summed E-state index contributed by atoms with van der Waals surface area (Å²) >= 11 is 6.14. The molecule has 2 N–H and O–H groups in total. The highest BCUT2D eigenvalue weighted by atomic mass is 35.5. The first-order chi connectivity index (χ1) is 10.6. The molecule has 0 unspecified atom stereocenters. The van der Waals surface area contributed by atoms with E-state index in [2.05, 4.69) is 15.3 Å². The van der Waals surface area contributed by atoms with Crippen molar-refractivity contribution in [2.24, 2.45) is 0 Å². The quantitative estimate of drug-likeness (QED) is 0.775. The van der Waals surface area contributed by atoms with Crippen molar-refractivity contribution in [2.75, 3.05) is 12.4 Å². The molecule has 2 aromatic heterocycles. The van der Waals surface area contributed by atoms with Crippen molar-refractivity contribution in [1.29, 1.82) is 0 Å². The number of methoxy groups -OCH3 is 1. The Morgan fingerprint density at radius 3 is 2.86 bits per heavy atom. The Bertz CT molecular complexity index is 846. The third kappa shape index (κ3) is 2.60. The molecular weight excluding hydrogens is 309 g/mol. The molecular formula is C15H11ClFN3O2. The number of H-pyrrole nitrogens is 1. The Kier molecular flexibility index (Phi) is 3.68. The SMILES string of the molecule is COc1ccc(NC(=O)c2[nH]c3ccc(F)cc3c2Cl)cn1. The zero-order valence-corrected chi connectivity index (χ0v) is 12.2. The van der Waals surface area contributed by atoms with Crippen LogP contribution in [0.4, 0.5) is 10.1 Å². The fraction of sp³-hybridized carbons (Fsp3) is 0.0667. The second-order valence-corrected chi connectivity index (χ2v) is 4.93. The van der Waals surface area contributed by atoms with E-state index < -0.39 is 11.7 Å². The van der Waals surface area contributed by atoms with Crippen molar-refractivity contribution in [3.8, 4) is 5.88 Å². The molecule has 0 saturated carbocycles. The number of anilines is 1. The molecule has 0 aliphatic heterocycles. The summed E-state index contributed by atoms with van der Waals surface area (Å²) in [4.78, 5) is 19.1. The molecule has 0 bridgehead atoms. The fourth-order valence-electron chi connectivity index (χ4n) is 2.06. The first kappa shape index (κ1) is 14.3. The number of ether oxygens (including phenoxy) is 1. The molecule has 0 atom stereocenters. The van der Waals surface area contributed by atoms with Gasteiger partial charge in [-0.1, -0.05) is 11.6 Å². The number of rotatable bonds is 3. The average molecular weight is 320 g/mol. The Labute approximate surface area is 130 Å². The van der Waals surface area contributed by atoms with Crippen LogP contribution in [0.5, 0.6) is 5.88 Å². The monoisotopic (exact) mass is 319 g/mol. The van der Waals surface area contributed by atoms with Crippen LogP contribution in [0.15, 0.2) is 36.5 Å². The normalized spacial score (nSPS) is 10.7. The van der Waals surface area contributed by atoms with E-state index in [-0.39, 0.29) is 10.7 Å². The lowest BCUT2D eigenvalue weighted by Gasteiger charge is -2.04. The van der Waals surface area contributed by atoms with Gasteiger partial charge >= 0.3 is 0 Å². The molecule has 0 spiro atoms. The predicted molar refractivity (Wildman–Crippen MR) is 82.0 cm³/mol. The number of carbonyl (C=O) groups is 1. The first-order valence-electron chi connectivity index (χ1n) is 6.36. The van der Waals surface area contributed by atoms with E-state index in [1.54, 1.807) is 12.1 Å². The molecule has 3 aromatic rings. The van der Waals surface area contributed by atoms with Gasteiger partial charge in [0.1, 0.15) is 11.5 Å². The number of nitrogens with one attached hydrogen (secondary N) is 2. The molecule has 3 rings (SSSR count). The first-order valence-corrected chi connectivity index (χ1v) is 6.74. The number of benzene rings is 1. The second-order valence-electron chi connectivity index (χ2n) is 4.55. The number of carbonyl (C=O) groups excluding carboxylic acids is 1. The van der Waals surface area contributed by atoms with Crippen molar-refractivity contribution in [3.05, 3.63) is 53.1 Å². The van der Waals surface area contributed by atoms with E-state index in [9.17, 15) is 9.18 Å². The molecule has 0 aliphatic rings.